The van der Waals surface area contributed by atoms with Crippen LogP contribution in [-0.2, 0) is 26.4 Å². The molecule has 0 spiro atoms. The molecule has 1 aromatic carbocycles. The van der Waals surface area contributed by atoms with Gasteiger partial charge in [0.15, 0.2) is 5.96 Å². The molecular weight excluding hydrogens is 326 g/mol. The van der Waals surface area contributed by atoms with Gasteiger partial charge in [-0.1, -0.05) is 32.0 Å². The predicted octanol–water partition coefficient (Wildman–Crippen LogP) is 2.73. The molecule has 6 nitrogen and oxygen atoms in total. The predicted molar refractivity (Wildman–Crippen MR) is 105 cm³/mol. The molecule has 1 unspecified atom stereocenters. The van der Waals surface area contributed by atoms with E-state index >= 15 is 0 Å². The van der Waals surface area contributed by atoms with Gasteiger partial charge in [0.25, 0.3) is 0 Å². The third kappa shape index (κ3) is 3.69. The Morgan fingerprint density at radius 3 is 2.85 bits per heavy atom. The van der Waals surface area contributed by atoms with E-state index < -0.39 is 0 Å². The first-order valence-electron chi connectivity index (χ1n) is 9.40. The number of hydrogen-bond donors (Lipinski definition) is 2. The number of nitrogens with one attached hydrogen (secondary N) is 2. The Kier molecular flexibility index (Phi) is 5.81. The van der Waals surface area contributed by atoms with Gasteiger partial charge in [0.1, 0.15) is 5.75 Å². The number of para-hydroxylation sites is 1. The molecule has 1 aliphatic heterocycles. The van der Waals surface area contributed by atoms with Crippen molar-refractivity contribution in [2.45, 2.75) is 45.7 Å². The van der Waals surface area contributed by atoms with Crippen molar-refractivity contribution in [3.8, 4) is 5.75 Å². The monoisotopic (exact) mass is 355 g/mol. The highest BCUT2D eigenvalue weighted by Gasteiger charge is 2.22. The van der Waals surface area contributed by atoms with E-state index in [0.29, 0.717) is 6.61 Å². The fraction of sp³-hybridized carbons (Fsp3) is 0.500. The van der Waals surface area contributed by atoms with Gasteiger partial charge in [-0.05, 0) is 18.9 Å². The average Bonchev–Trinajstić information content (AvgIpc) is 2.99. The van der Waals surface area contributed by atoms with Crippen LogP contribution in [0.15, 0.2) is 29.3 Å². The molecule has 0 saturated heterocycles. The second-order valence-electron chi connectivity index (χ2n) is 6.50. The molecule has 0 radical (unpaired) electrons. The van der Waals surface area contributed by atoms with Crippen molar-refractivity contribution in [3.05, 3.63) is 46.8 Å². The minimum absolute atomic E-state index is 0.205. The zero-order valence-corrected chi connectivity index (χ0v) is 16.2. The number of nitrogens with zero attached hydrogens (tertiary/aromatic N) is 3. The summed E-state index contributed by atoms with van der Waals surface area (Å²) in [6.07, 6.45) is 2.83. The first kappa shape index (κ1) is 18.3. The Labute approximate surface area is 155 Å². The molecule has 0 amide bonds. The topological polar surface area (TPSA) is 63.5 Å². The van der Waals surface area contributed by atoms with Crippen molar-refractivity contribution in [1.29, 1.82) is 0 Å². The maximum atomic E-state index is 5.75. The summed E-state index contributed by atoms with van der Waals surface area (Å²) < 4.78 is 7.75. The van der Waals surface area contributed by atoms with E-state index in [1.165, 1.54) is 16.8 Å². The molecule has 6 heteroatoms. The highest BCUT2D eigenvalue weighted by Crippen LogP contribution is 2.31. The minimum atomic E-state index is 0.205. The number of guanidine groups is 1. The molecule has 2 N–H and O–H groups in total. The van der Waals surface area contributed by atoms with Gasteiger partial charge < -0.3 is 15.4 Å². The van der Waals surface area contributed by atoms with Gasteiger partial charge in [-0.25, -0.2) is 0 Å². The fourth-order valence-electron chi connectivity index (χ4n) is 3.62. The van der Waals surface area contributed by atoms with Crippen molar-refractivity contribution in [1.82, 2.24) is 20.4 Å². The average molecular weight is 355 g/mol. The Morgan fingerprint density at radius 2 is 2.12 bits per heavy atom. The van der Waals surface area contributed by atoms with E-state index in [1.807, 2.05) is 30.9 Å². The van der Waals surface area contributed by atoms with Crippen LogP contribution in [0.2, 0.25) is 0 Å². The third-order valence-corrected chi connectivity index (χ3v) is 4.95. The zero-order chi connectivity index (χ0) is 18.5. The van der Waals surface area contributed by atoms with Crippen LogP contribution >= 0.6 is 0 Å². The van der Waals surface area contributed by atoms with E-state index in [4.69, 9.17) is 4.74 Å². The molecule has 1 aliphatic rings. The molecular formula is C20H29N5O. The molecule has 2 heterocycles. The molecule has 2 aromatic rings. The van der Waals surface area contributed by atoms with Crippen LogP contribution in [0.4, 0.5) is 0 Å². The summed E-state index contributed by atoms with van der Waals surface area (Å²) in [6, 6.07) is 8.40. The lowest BCUT2D eigenvalue weighted by Crippen LogP contribution is -2.40. The van der Waals surface area contributed by atoms with Crippen LogP contribution in [0, 0.1) is 0 Å². The van der Waals surface area contributed by atoms with E-state index in [0.717, 1.165) is 43.2 Å². The van der Waals surface area contributed by atoms with Crippen LogP contribution in [0.3, 0.4) is 0 Å². The third-order valence-electron chi connectivity index (χ3n) is 4.95. The Balaban J connectivity index is 1.71. The van der Waals surface area contributed by atoms with Crippen molar-refractivity contribution in [2.75, 3.05) is 13.7 Å². The van der Waals surface area contributed by atoms with E-state index in [2.05, 4.69) is 46.7 Å². The Hall–Kier alpha value is -2.50. The summed E-state index contributed by atoms with van der Waals surface area (Å²) in [6.45, 7) is 5.77. The van der Waals surface area contributed by atoms with Crippen molar-refractivity contribution in [3.63, 3.8) is 0 Å². The van der Waals surface area contributed by atoms with Gasteiger partial charge in [-0.3, -0.25) is 9.67 Å². The number of aliphatic imine (C=N–C) groups is 1. The summed E-state index contributed by atoms with van der Waals surface area (Å²) in [5, 5.41) is 11.7. The van der Waals surface area contributed by atoms with Crippen LogP contribution in [-0.4, -0.2) is 29.4 Å². The number of hydrogen-bond acceptors (Lipinski definition) is 3. The summed E-state index contributed by atoms with van der Waals surface area (Å²) >= 11 is 0. The summed E-state index contributed by atoms with van der Waals surface area (Å²) in [7, 11) is 3.83. The van der Waals surface area contributed by atoms with Gasteiger partial charge >= 0.3 is 0 Å². The molecule has 0 fully saturated rings. The molecule has 26 heavy (non-hydrogen) atoms. The van der Waals surface area contributed by atoms with E-state index in [9.17, 15) is 0 Å². The zero-order valence-electron chi connectivity index (χ0n) is 16.2. The lowest BCUT2D eigenvalue weighted by molar-refractivity contribution is 0.261. The lowest BCUT2D eigenvalue weighted by Gasteiger charge is -2.28. The van der Waals surface area contributed by atoms with Gasteiger partial charge in [0, 0.05) is 43.9 Å². The molecule has 3 rings (SSSR count). The first-order chi connectivity index (χ1) is 12.7. The Morgan fingerprint density at radius 1 is 1.31 bits per heavy atom. The largest absolute Gasteiger partial charge is 0.493 e. The second kappa shape index (κ2) is 8.25. The summed E-state index contributed by atoms with van der Waals surface area (Å²) in [5.41, 5.74) is 4.91. The molecule has 1 aromatic heterocycles. The highest BCUT2D eigenvalue weighted by atomic mass is 16.5. The van der Waals surface area contributed by atoms with Gasteiger partial charge in [-0.2, -0.15) is 5.10 Å². The fourth-order valence-corrected chi connectivity index (χ4v) is 3.62. The Bertz CT molecular complexity index is 781. The SMILES string of the molecule is CCc1nn(C)c(CC)c1CNC(=NC)NC1CCOc2ccccc21. The number of ether oxygens (including phenoxy) is 1. The standard InChI is InChI=1S/C20H29N5O/c1-5-16-15(18(6-2)25(4)24-16)13-22-20(21-3)23-17-11-12-26-19-10-8-7-9-14(17)19/h7-10,17H,5-6,11-13H2,1-4H3,(H2,21,22,23). The molecule has 1 atom stereocenters. The number of fused-ring (bicyclic) bond motifs is 1. The van der Waals surface area contributed by atoms with E-state index in [-0.39, 0.29) is 6.04 Å². The maximum Gasteiger partial charge on any atom is 0.191 e. The van der Waals surface area contributed by atoms with Gasteiger partial charge in [0.2, 0.25) is 0 Å². The van der Waals surface area contributed by atoms with Crippen LogP contribution < -0.4 is 15.4 Å². The molecule has 0 saturated carbocycles. The number of benzene rings is 1. The van der Waals surface area contributed by atoms with Crippen molar-refractivity contribution in [2.24, 2.45) is 12.0 Å². The quantitative estimate of drug-likeness (QED) is 0.639. The number of aromatic nitrogens is 2. The van der Waals surface area contributed by atoms with Crippen LogP contribution in [0.5, 0.6) is 5.75 Å². The number of rotatable bonds is 5. The van der Waals surface area contributed by atoms with Crippen molar-refractivity contribution < 1.29 is 4.74 Å². The number of aryl methyl sites for hydroxylation is 2. The summed E-state index contributed by atoms with van der Waals surface area (Å²) in [4.78, 5) is 4.41. The van der Waals surface area contributed by atoms with Gasteiger partial charge in [-0.15, -0.1) is 0 Å². The van der Waals surface area contributed by atoms with Crippen LogP contribution in [0.25, 0.3) is 0 Å². The molecule has 0 bridgehead atoms. The second-order valence-corrected chi connectivity index (χ2v) is 6.50. The first-order valence-corrected chi connectivity index (χ1v) is 9.40. The smallest absolute Gasteiger partial charge is 0.191 e. The maximum absolute atomic E-state index is 5.75. The summed E-state index contributed by atoms with van der Waals surface area (Å²) in [5.74, 6) is 1.76. The molecule has 140 valence electrons. The lowest BCUT2D eigenvalue weighted by atomic mass is 10.0. The highest BCUT2D eigenvalue weighted by molar-refractivity contribution is 5.80. The van der Waals surface area contributed by atoms with Crippen molar-refractivity contribution >= 4 is 5.96 Å². The minimum Gasteiger partial charge on any atom is -0.493 e. The molecule has 0 aliphatic carbocycles. The van der Waals surface area contributed by atoms with Crippen LogP contribution in [0.1, 0.15) is 48.8 Å². The van der Waals surface area contributed by atoms with E-state index in [1.54, 1.807) is 0 Å². The normalized spacial score (nSPS) is 16.8. The van der Waals surface area contributed by atoms with Gasteiger partial charge in [0.05, 0.1) is 18.3 Å².